The minimum Gasteiger partial charge on any atom is -0.465 e. The Morgan fingerprint density at radius 2 is 2.17 bits per heavy atom. The van der Waals surface area contributed by atoms with Crippen LogP contribution in [0.5, 0.6) is 0 Å². The van der Waals surface area contributed by atoms with Gasteiger partial charge in [-0.2, -0.15) is 5.10 Å². The second kappa shape index (κ2) is 4.61. The van der Waals surface area contributed by atoms with E-state index in [0.717, 1.165) is 37.3 Å². The van der Waals surface area contributed by atoms with E-state index in [0.29, 0.717) is 25.6 Å². The third-order valence-corrected chi connectivity index (χ3v) is 3.84. The van der Waals surface area contributed by atoms with Gasteiger partial charge >= 0.3 is 6.09 Å². The second-order valence-corrected chi connectivity index (χ2v) is 5.01. The molecule has 0 atom stereocenters. The molecule has 1 aromatic rings. The number of hydrogen-bond donors (Lipinski definition) is 2. The molecule has 2 aliphatic rings. The monoisotopic (exact) mass is 250 g/mol. The molecule has 0 bridgehead atoms. The van der Waals surface area contributed by atoms with E-state index < -0.39 is 6.09 Å². The molecule has 18 heavy (non-hydrogen) atoms. The van der Waals surface area contributed by atoms with E-state index in [1.54, 1.807) is 0 Å². The average molecular weight is 250 g/mol. The fourth-order valence-corrected chi connectivity index (χ4v) is 2.77. The van der Waals surface area contributed by atoms with Crippen LogP contribution < -0.4 is 5.32 Å². The highest BCUT2D eigenvalue weighted by Gasteiger charge is 2.24. The number of aromatic nitrogens is 2. The van der Waals surface area contributed by atoms with Gasteiger partial charge < -0.3 is 15.3 Å². The Morgan fingerprint density at radius 3 is 2.89 bits per heavy atom. The van der Waals surface area contributed by atoms with E-state index in [1.165, 1.54) is 4.90 Å². The Morgan fingerprint density at radius 1 is 1.39 bits per heavy atom. The number of carbonyl (C=O) groups is 1. The van der Waals surface area contributed by atoms with Gasteiger partial charge in [-0.15, -0.1) is 0 Å². The number of nitrogens with zero attached hydrogens (tertiary/aromatic N) is 3. The lowest BCUT2D eigenvalue weighted by Crippen LogP contribution is -2.37. The first-order valence-corrected chi connectivity index (χ1v) is 6.49. The smallest absolute Gasteiger partial charge is 0.407 e. The third-order valence-electron chi connectivity index (χ3n) is 3.84. The van der Waals surface area contributed by atoms with Crippen molar-refractivity contribution in [2.45, 2.75) is 31.8 Å². The summed E-state index contributed by atoms with van der Waals surface area (Å²) >= 11 is 0. The van der Waals surface area contributed by atoms with Crippen molar-refractivity contribution >= 4 is 6.09 Å². The Labute approximate surface area is 106 Å². The summed E-state index contributed by atoms with van der Waals surface area (Å²) in [6, 6.07) is 2.09. The van der Waals surface area contributed by atoms with E-state index in [1.807, 2.05) is 4.68 Å². The zero-order valence-electron chi connectivity index (χ0n) is 10.3. The number of nitrogens with one attached hydrogen (secondary N) is 1. The van der Waals surface area contributed by atoms with E-state index in [2.05, 4.69) is 16.5 Å². The summed E-state index contributed by atoms with van der Waals surface area (Å²) in [4.78, 5) is 12.4. The molecule has 0 aliphatic carbocycles. The van der Waals surface area contributed by atoms with E-state index in [9.17, 15) is 4.79 Å². The lowest BCUT2D eigenvalue weighted by atomic mass is 9.94. The van der Waals surface area contributed by atoms with Crippen LogP contribution in [0.3, 0.4) is 0 Å². The Balaban J connectivity index is 1.78. The van der Waals surface area contributed by atoms with Crippen molar-refractivity contribution in [2.24, 2.45) is 0 Å². The van der Waals surface area contributed by atoms with Crippen LogP contribution in [0.25, 0.3) is 0 Å². The zero-order valence-corrected chi connectivity index (χ0v) is 10.3. The van der Waals surface area contributed by atoms with Crippen molar-refractivity contribution in [1.29, 1.82) is 0 Å². The molecule has 98 valence electrons. The first kappa shape index (κ1) is 11.5. The maximum Gasteiger partial charge on any atom is 0.407 e. The molecule has 6 nitrogen and oxygen atoms in total. The first-order valence-electron chi connectivity index (χ1n) is 6.49. The molecule has 1 saturated heterocycles. The summed E-state index contributed by atoms with van der Waals surface area (Å²) in [6.07, 6.45) is 1.41. The van der Waals surface area contributed by atoms with Gasteiger partial charge in [-0.05, 0) is 32.0 Å². The van der Waals surface area contributed by atoms with Gasteiger partial charge in [0.25, 0.3) is 0 Å². The van der Waals surface area contributed by atoms with Crippen molar-refractivity contribution in [2.75, 3.05) is 19.6 Å². The molecule has 0 radical (unpaired) electrons. The van der Waals surface area contributed by atoms with Crippen LogP contribution >= 0.6 is 0 Å². The summed E-state index contributed by atoms with van der Waals surface area (Å²) in [5.74, 6) is 0.530. The molecule has 1 fully saturated rings. The van der Waals surface area contributed by atoms with Crippen LogP contribution in [0.4, 0.5) is 4.79 Å². The normalized spacial score (nSPS) is 20.8. The van der Waals surface area contributed by atoms with Crippen LogP contribution in [0, 0.1) is 0 Å². The van der Waals surface area contributed by atoms with E-state index >= 15 is 0 Å². The minimum absolute atomic E-state index is 0.466. The Hall–Kier alpha value is -1.56. The van der Waals surface area contributed by atoms with Crippen LogP contribution in [0.1, 0.15) is 30.1 Å². The molecule has 2 N–H and O–H groups in total. The molecular formula is C12H18N4O2. The van der Waals surface area contributed by atoms with E-state index in [4.69, 9.17) is 5.11 Å². The van der Waals surface area contributed by atoms with Gasteiger partial charge in [0.1, 0.15) is 0 Å². The van der Waals surface area contributed by atoms with Crippen molar-refractivity contribution in [1.82, 2.24) is 20.0 Å². The highest BCUT2D eigenvalue weighted by atomic mass is 16.4. The summed E-state index contributed by atoms with van der Waals surface area (Å²) in [7, 11) is 0. The molecule has 1 amide bonds. The maximum atomic E-state index is 11.0. The number of carboxylic acid groups (broad SMARTS) is 1. The van der Waals surface area contributed by atoms with Crippen LogP contribution in [0.2, 0.25) is 0 Å². The van der Waals surface area contributed by atoms with Crippen molar-refractivity contribution in [3.63, 3.8) is 0 Å². The van der Waals surface area contributed by atoms with Crippen LogP contribution in [-0.4, -0.2) is 45.5 Å². The molecule has 0 aromatic carbocycles. The van der Waals surface area contributed by atoms with Gasteiger partial charge in [-0.3, -0.25) is 4.68 Å². The number of piperidine rings is 1. The lowest BCUT2D eigenvalue weighted by molar-refractivity contribution is 0.131. The lowest BCUT2D eigenvalue weighted by Gasteiger charge is -2.24. The van der Waals surface area contributed by atoms with Gasteiger partial charge in [0.15, 0.2) is 0 Å². The predicted molar refractivity (Wildman–Crippen MR) is 65.5 cm³/mol. The molecular weight excluding hydrogens is 232 g/mol. The predicted octanol–water partition coefficient (Wildman–Crippen LogP) is 0.844. The van der Waals surface area contributed by atoms with Crippen molar-refractivity contribution in [3.05, 3.63) is 17.5 Å². The standard InChI is InChI=1S/C12H18N4O2/c17-12(18)15-5-6-16-10(8-15)7-11(14-16)9-1-3-13-4-2-9/h7,9,13H,1-6,8H2,(H,17,18). The molecule has 3 rings (SSSR count). The first-order chi connectivity index (χ1) is 8.74. The topological polar surface area (TPSA) is 70.4 Å². The number of hydrogen-bond acceptors (Lipinski definition) is 3. The summed E-state index contributed by atoms with van der Waals surface area (Å²) in [6.45, 7) is 3.78. The number of amides is 1. The zero-order chi connectivity index (χ0) is 12.5. The largest absolute Gasteiger partial charge is 0.465 e. The maximum absolute atomic E-state index is 11.0. The van der Waals surface area contributed by atoms with Crippen molar-refractivity contribution < 1.29 is 9.90 Å². The highest BCUT2D eigenvalue weighted by Crippen LogP contribution is 2.26. The Bertz CT molecular complexity index is 451. The van der Waals surface area contributed by atoms with Crippen molar-refractivity contribution in [3.8, 4) is 0 Å². The van der Waals surface area contributed by atoms with Gasteiger partial charge in [-0.1, -0.05) is 0 Å². The number of fused-ring (bicyclic) bond motifs is 1. The van der Waals surface area contributed by atoms with Gasteiger partial charge in [-0.25, -0.2) is 4.79 Å². The molecule has 3 heterocycles. The molecule has 0 spiro atoms. The Kier molecular flexibility index (Phi) is 2.95. The average Bonchev–Trinajstić information content (AvgIpc) is 2.82. The second-order valence-electron chi connectivity index (χ2n) is 5.01. The third kappa shape index (κ3) is 2.08. The molecule has 1 aromatic heterocycles. The highest BCUT2D eigenvalue weighted by molar-refractivity contribution is 5.65. The van der Waals surface area contributed by atoms with Gasteiger partial charge in [0.2, 0.25) is 0 Å². The fraction of sp³-hybridized carbons (Fsp3) is 0.667. The SMILES string of the molecule is O=C(O)N1CCn2nc(C3CCNCC3)cc2C1. The van der Waals surface area contributed by atoms with Gasteiger partial charge in [0.05, 0.1) is 24.5 Å². The molecule has 0 unspecified atom stereocenters. The fourth-order valence-electron chi connectivity index (χ4n) is 2.77. The van der Waals surface area contributed by atoms with Crippen LogP contribution in [-0.2, 0) is 13.1 Å². The summed E-state index contributed by atoms with van der Waals surface area (Å²) in [5, 5.41) is 17.0. The molecule has 0 saturated carbocycles. The van der Waals surface area contributed by atoms with Crippen LogP contribution in [0.15, 0.2) is 6.07 Å². The summed E-state index contributed by atoms with van der Waals surface area (Å²) in [5.41, 5.74) is 2.16. The van der Waals surface area contributed by atoms with Gasteiger partial charge in [0, 0.05) is 12.5 Å². The molecule has 6 heteroatoms. The molecule has 2 aliphatic heterocycles. The van der Waals surface area contributed by atoms with E-state index in [-0.39, 0.29) is 0 Å². The summed E-state index contributed by atoms with van der Waals surface area (Å²) < 4.78 is 1.97. The number of rotatable bonds is 1. The minimum atomic E-state index is -0.842. The quantitative estimate of drug-likeness (QED) is 0.775.